The van der Waals surface area contributed by atoms with E-state index in [0.29, 0.717) is 5.23 Å². The van der Waals surface area contributed by atoms with Crippen LogP contribution in [0, 0.1) is 5.92 Å². The summed E-state index contributed by atoms with van der Waals surface area (Å²) in [6, 6.07) is -1.15. The van der Waals surface area contributed by atoms with Crippen molar-refractivity contribution in [3.8, 4) is 0 Å². The van der Waals surface area contributed by atoms with Gasteiger partial charge >= 0.3 is 5.97 Å². The van der Waals surface area contributed by atoms with Gasteiger partial charge in [0, 0.05) is 0 Å². The van der Waals surface area contributed by atoms with E-state index in [1.54, 1.807) is 0 Å². The topological polar surface area (TPSA) is 140 Å². The minimum Gasteiger partial charge on any atom is -0.480 e. The molecule has 0 aromatic rings. The van der Waals surface area contributed by atoms with Gasteiger partial charge in [0.25, 0.3) is 0 Å². The molecule has 0 saturated heterocycles. The van der Waals surface area contributed by atoms with Gasteiger partial charge in [-0.05, 0) is 12.3 Å². The Bertz CT molecular complexity index is 274. The maximum Gasteiger partial charge on any atom is 0.325 e. The van der Waals surface area contributed by atoms with Crippen molar-refractivity contribution in [2.45, 2.75) is 38.5 Å². The zero-order valence-electron chi connectivity index (χ0n) is 12.3. The molecule has 0 aliphatic rings. The van der Waals surface area contributed by atoms with Crippen LogP contribution in [0.4, 0.5) is 0 Å². The van der Waals surface area contributed by atoms with Crippen LogP contribution in [-0.2, 0) is 14.5 Å². The number of aliphatic hydroxyl groups is 4. The van der Waals surface area contributed by atoms with E-state index in [0.717, 1.165) is 0 Å². The molecule has 0 rings (SSSR count). The molecule has 0 aromatic heterocycles. The second-order valence-electron chi connectivity index (χ2n) is 5.03. The standard InChI is InChI=1S/C12H25NO8/c1-8(2)3-11(12(18)19)13(20-6-9(16)4-14)21-7-10(17)5-15/h8-11,14-17H,3-7H2,1-2H3,(H,18,19)/t9?,10?,11-/m0/s1. The van der Waals surface area contributed by atoms with Crippen LogP contribution in [0.2, 0.25) is 0 Å². The number of carboxylic acid groups (broad SMARTS) is 1. The molecular weight excluding hydrogens is 286 g/mol. The third-order valence-electron chi connectivity index (χ3n) is 2.44. The zero-order valence-corrected chi connectivity index (χ0v) is 12.3. The fourth-order valence-electron chi connectivity index (χ4n) is 1.37. The summed E-state index contributed by atoms with van der Waals surface area (Å²) in [6.07, 6.45) is -2.17. The summed E-state index contributed by atoms with van der Waals surface area (Å²) in [7, 11) is 0. The molecule has 2 unspecified atom stereocenters. The van der Waals surface area contributed by atoms with Gasteiger partial charge in [-0.25, -0.2) is 0 Å². The highest BCUT2D eigenvalue weighted by molar-refractivity contribution is 5.73. The number of hydroxylamine groups is 2. The van der Waals surface area contributed by atoms with Gasteiger partial charge in [0.2, 0.25) is 0 Å². The van der Waals surface area contributed by atoms with Crippen LogP contribution < -0.4 is 0 Å². The molecule has 0 amide bonds. The second-order valence-corrected chi connectivity index (χ2v) is 5.03. The summed E-state index contributed by atoms with van der Waals surface area (Å²) >= 11 is 0. The van der Waals surface area contributed by atoms with E-state index in [-0.39, 0.29) is 25.6 Å². The third-order valence-corrected chi connectivity index (χ3v) is 2.44. The predicted octanol–water partition coefficient (Wildman–Crippen LogP) is -1.64. The second kappa shape index (κ2) is 10.9. The van der Waals surface area contributed by atoms with Crippen LogP contribution >= 0.6 is 0 Å². The van der Waals surface area contributed by atoms with Crippen LogP contribution in [0.1, 0.15) is 20.3 Å². The van der Waals surface area contributed by atoms with Gasteiger partial charge < -0.3 is 25.5 Å². The van der Waals surface area contributed by atoms with Crippen LogP contribution in [0.5, 0.6) is 0 Å². The highest BCUT2D eigenvalue weighted by Gasteiger charge is 2.30. The lowest BCUT2D eigenvalue weighted by molar-refractivity contribution is -0.395. The number of nitrogens with zero attached hydrogens (tertiary/aromatic N) is 1. The first-order valence-electron chi connectivity index (χ1n) is 6.67. The molecule has 0 aliphatic carbocycles. The molecule has 5 N–H and O–H groups in total. The van der Waals surface area contributed by atoms with Crippen molar-refractivity contribution >= 4 is 5.97 Å². The number of aliphatic carboxylic acids is 1. The molecule has 0 aromatic carbocycles. The molecule has 9 heteroatoms. The predicted molar refractivity (Wildman–Crippen MR) is 70.8 cm³/mol. The summed E-state index contributed by atoms with van der Waals surface area (Å²) in [5.74, 6) is -1.16. The van der Waals surface area contributed by atoms with E-state index in [9.17, 15) is 20.1 Å². The molecular formula is C12H25NO8. The Balaban J connectivity index is 4.74. The van der Waals surface area contributed by atoms with E-state index in [4.69, 9.17) is 19.9 Å². The minimum atomic E-state index is -1.19. The summed E-state index contributed by atoms with van der Waals surface area (Å²) in [6.45, 7) is 1.81. The van der Waals surface area contributed by atoms with Crippen LogP contribution in [0.15, 0.2) is 0 Å². The monoisotopic (exact) mass is 311 g/mol. The molecule has 0 bridgehead atoms. The highest BCUT2D eigenvalue weighted by atomic mass is 17.0. The van der Waals surface area contributed by atoms with Crippen LogP contribution in [-0.4, -0.2) is 81.4 Å². The number of carbonyl (C=O) groups is 1. The van der Waals surface area contributed by atoms with E-state index in [1.165, 1.54) is 0 Å². The Morgan fingerprint density at radius 3 is 1.76 bits per heavy atom. The number of aliphatic hydroxyl groups excluding tert-OH is 4. The summed E-state index contributed by atoms with van der Waals surface area (Å²) in [5.41, 5.74) is 0. The van der Waals surface area contributed by atoms with Gasteiger partial charge in [0.05, 0.1) is 26.4 Å². The highest BCUT2D eigenvalue weighted by Crippen LogP contribution is 2.14. The smallest absolute Gasteiger partial charge is 0.325 e. The van der Waals surface area contributed by atoms with Crippen molar-refractivity contribution in [1.82, 2.24) is 5.23 Å². The van der Waals surface area contributed by atoms with Gasteiger partial charge in [-0.1, -0.05) is 19.1 Å². The fraction of sp³-hybridized carbons (Fsp3) is 0.917. The lowest BCUT2D eigenvalue weighted by Gasteiger charge is -2.29. The van der Waals surface area contributed by atoms with Gasteiger partial charge in [-0.3, -0.25) is 14.5 Å². The summed E-state index contributed by atoms with van der Waals surface area (Å²) in [4.78, 5) is 21.4. The van der Waals surface area contributed by atoms with Gasteiger partial charge in [0.15, 0.2) is 6.04 Å². The molecule has 0 heterocycles. The Kier molecular flexibility index (Phi) is 10.4. The third kappa shape index (κ3) is 8.94. The lowest BCUT2D eigenvalue weighted by atomic mass is 10.0. The van der Waals surface area contributed by atoms with Crippen molar-refractivity contribution in [3.05, 3.63) is 0 Å². The molecule has 0 fully saturated rings. The van der Waals surface area contributed by atoms with Gasteiger partial charge in [-0.15, -0.1) is 0 Å². The zero-order chi connectivity index (χ0) is 16.4. The summed E-state index contributed by atoms with van der Waals surface area (Å²) in [5, 5.41) is 45.8. The fourth-order valence-corrected chi connectivity index (χ4v) is 1.37. The quantitative estimate of drug-likeness (QED) is 0.268. The van der Waals surface area contributed by atoms with Crippen molar-refractivity contribution in [2.24, 2.45) is 5.92 Å². The van der Waals surface area contributed by atoms with E-state index in [1.807, 2.05) is 13.8 Å². The van der Waals surface area contributed by atoms with E-state index >= 15 is 0 Å². The first-order valence-corrected chi connectivity index (χ1v) is 6.67. The van der Waals surface area contributed by atoms with Crippen molar-refractivity contribution in [1.29, 1.82) is 0 Å². The molecule has 0 aliphatic heterocycles. The van der Waals surface area contributed by atoms with Crippen molar-refractivity contribution in [2.75, 3.05) is 26.4 Å². The number of hydrogen-bond acceptors (Lipinski definition) is 8. The van der Waals surface area contributed by atoms with E-state index < -0.39 is 37.4 Å². The Morgan fingerprint density at radius 2 is 1.48 bits per heavy atom. The molecule has 0 saturated carbocycles. The molecule has 126 valence electrons. The Morgan fingerprint density at radius 1 is 1.05 bits per heavy atom. The van der Waals surface area contributed by atoms with E-state index in [2.05, 4.69) is 0 Å². The number of carboxylic acids is 1. The van der Waals surface area contributed by atoms with Gasteiger partial charge in [-0.2, -0.15) is 0 Å². The van der Waals surface area contributed by atoms with Crippen LogP contribution in [0.3, 0.4) is 0 Å². The molecule has 9 nitrogen and oxygen atoms in total. The van der Waals surface area contributed by atoms with Crippen LogP contribution in [0.25, 0.3) is 0 Å². The average Bonchev–Trinajstić information content (AvgIpc) is 2.44. The largest absolute Gasteiger partial charge is 0.480 e. The summed E-state index contributed by atoms with van der Waals surface area (Å²) < 4.78 is 0. The Labute approximate surface area is 123 Å². The average molecular weight is 311 g/mol. The maximum atomic E-state index is 11.3. The lowest BCUT2D eigenvalue weighted by Crippen LogP contribution is -2.45. The minimum absolute atomic E-state index is 0.0336. The molecule has 0 radical (unpaired) electrons. The first kappa shape index (κ1) is 20.2. The normalized spacial score (nSPS) is 16.2. The van der Waals surface area contributed by atoms with Gasteiger partial charge in [0.1, 0.15) is 12.2 Å². The molecule has 21 heavy (non-hydrogen) atoms. The number of rotatable bonds is 12. The SMILES string of the molecule is CC(C)C[C@@H](C(=O)O)N(OCC(O)CO)OCC(O)CO. The maximum absolute atomic E-state index is 11.3. The van der Waals surface area contributed by atoms with Crippen molar-refractivity contribution in [3.63, 3.8) is 0 Å². The Hall–Kier alpha value is -0.810. The van der Waals surface area contributed by atoms with Crippen molar-refractivity contribution < 1.29 is 40.0 Å². The molecule has 0 spiro atoms. The first-order chi connectivity index (χ1) is 9.81. The molecule has 3 atom stereocenters. The number of hydrogen-bond donors (Lipinski definition) is 5.